The Morgan fingerprint density at radius 2 is 1.81 bits per heavy atom. The summed E-state index contributed by atoms with van der Waals surface area (Å²) in [5, 5.41) is 9.69. The van der Waals surface area contributed by atoms with Crippen LogP contribution in [-0.2, 0) is 4.79 Å². The highest BCUT2D eigenvalue weighted by molar-refractivity contribution is 7.15. The summed E-state index contributed by atoms with van der Waals surface area (Å²) in [5.41, 5.74) is 0.323. The summed E-state index contributed by atoms with van der Waals surface area (Å²) >= 11 is 1.15. The first kappa shape index (κ1) is 21.5. The van der Waals surface area contributed by atoms with Crippen molar-refractivity contribution in [3.63, 3.8) is 0 Å². The Kier molecular flexibility index (Phi) is 6.75. The van der Waals surface area contributed by atoms with Crippen molar-refractivity contribution in [1.82, 2.24) is 0 Å². The normalized spacial score (nSPS) is 20.1. The fraction of sp³-hybridized carbons (Fsp3) is 0.636. The Balaban J connectivity index is 2.40. The van der Waals surface area contributed by atoms with Crippen molar-refractivity contribution in [1.29, 1.82) is 0 Å². The number of hydrogen-bond acceptors (Lipinski definition) is 3. The van der Waals surface area contributed by atoms with E-state index in [0.717, 1.165) is 37.0 Å². The maximum atomic E-state index is 13.2. The molecule has 0 aromatic carbocycles. The summed E-state index contributed by atoms with van der Waals surface area (Å²) in [6.45, 7) is 12.1. The van der Waals surface area contributed by atoms with E-state index in [0.29, 0.717) is 16.5 Å². The van der Waals surface area contributed by atoms with Crippen LogP contribution in [0.4, 0.5) is 5.69 Å². The van der Waals surface area contributed by atoms with Crippen molar-refractivity contribution in [3.05, 3.63) is 15.8 Å². The van der Waals surface area contributed by atoms with E-state index < -0.39 is 5.97 Å². The minimum absolute atomic E-state index is 0.0192. The molecule has 2 rings (SSSR count). The van der Waals surface area contributed by atoms with Crippen LogP contribution >= 0.6 is 11.3 Å². The average Bonchev–Trinajstić information content (AvgIpc) is 2.97. The van der Waals surface area contributed by atoms with Gasteiger partial charge in [-0.1, -0.05) is 18.8 Å². The van der Waals surface area contributed by atoms with E-state index in [9.17, 15) is 14.7 Å². The average molecular weight is 390 g/mol. The molecule has 27 heavy (non-hydrogen) atoms. The van der Waals surface area contributed by atoms with Crippen molar-refractivity contribution in [2.75, 3.05) is 4.90 Å². The molecule has 0 atom stereocenters. The van der Waals surface area contributed by atoms with Gasteiger partial charge in [-0.3, -0.25) is 4.79 Å². The largest absolute Gasteiger partial charge is 0.477 e. The quantitative estimate of drug-likeness (QED) is 0.700. The fourth-order valence-electron chi connectivity index (χ4n) is 3.38. The lowest BCUT2D eigenvalue weighted by atomic mass is 9.82. The molecule has 1 N–H and O–H groups in total. The number of aromatic carboxylic acids is 1. The number of hydrogen-bond donors (Lipinski definition) is 1. The summed E-state index contributed by atoms with van der Waals surface area (Å²) in [7, 11) is 0. The van der Waals surface area contributed by atoms with Crippen molar-refractivity contribution in [3.8, 4) is 11.8 Å². The van der Waals surface area contributed by atoms with Crippen LogP contribution in [0.5, 0.6) is 0 Å². The summed E-state index contributed by atoms with van der Waals surface area (Å²) in [6, 6.07) is 1.67. The van der Waals surface area contributed by atoms with E-state index in [1.807, 2.05) is 34.6 Å². The molecule has 1 saturated carbocycles. The van der Waals surface area contributed by atoms with Gasteiger partial charge in [0.1, 0.15) is 4.88 Å². The molecule has 5 heteroatoms. The molecule has 1 aliphatic carbocycles. The van der Waals surface area contributed by atoms with Gasteiger partial charge in [-0.2, -0.15) is 0 Å². The van der Waals surface area contributed by atoms with Gasteiger partial charge >= 0.3 is 5.97 Å². The van der Waals surface area contributed by atoms with Crippen LogP contribution in [-0.4, -0.2) is 23.0 Å². The van der Waals surface area contributed by atoms with E-state index in [2.05, 4.69) is 18.8 Å². The Morgan fingerprint density at radius 1 is 1.22 bits per heavy atom. The minimum atomic E-state index is -1.01. The monoisotopic (exact) mass is 389 g/mol. The Bertz CT molecular complexity index is 753. The highest BCUT2D eigenvalue weighted by Gasteiger charge is 2.33. The number of carbonyl (C=O) groups excluding carboxylic acids is 1. The second kappa shape index (κ2) is 8.48. The zero-order valence-corrected chi connectivity index (χ0v) is 18.1. The van der Waals surface area contributed by atoms with Crippen LogP contribution in [0.15, 0.2) is 6.07 Å². The van der Waals surface area contributed by atoms with Gasteiger partial charge in [0.15, 0.2) is 0 Å². The molecule has 1 amide bonds. The van der Waals surface area contributed by atoms with Crippen molar-refractivity contribution >= 4 is 28.9 Å². The maximum absolute atomic E-state index is 13.2. The van der Waals surface area contributed by atoms with Gasteiger partial charge in [0.2, 0.25) is 5.91 Å². The van der Waals surface area contributed by atoms with Gasteiger partial charge in [0, 0.05) is 17.4 Å². The second-order valence-electron chi connectivity index (χ2n) is 8.89. The molecular weight excluding hydrogens is 358 g/mol. The number of carboxylic acids is 1. The van der Waals surface area contributed by atoms with Gasteiger partial charge in [0.05, 0.1) is 10.6 Å². The molecule has 1 fully saturated rings. The Labute approximate surface area is 167 Å². The van der Waals surface area contributed by atoms with Gasteiger partial charge in [0.25, 0.3) is 0 Å². The highest BCUT2D eigenvalue weighted by atomic mass is 32.1. The van der Waals surface area contributed by atoms with Crippen molar-refractivity contribution < 1.29 is 14.7 Å². The van der Waals surface area contributed by atoms with E-state index in [4.69, 9.17) is 0 Å². The number of carbonyl (C=O) groups is 2. The lowest BCUT2D eigenvalue weighted by molar-refractivity contribution is -0.123. The van der Waals surface area contributed by atoms with Crippen LogP contribution in [0.1, 0.15) is 81.8 Å². The number of carboxylic acid groups (broad SMARTS) is 1. The first-order chi connectivity index (χ1) is 12.5. The summed E-state index contributed by atoms with van der Waals surface area (Å²) in [4.78, 5) is 27.6. The predicted octanol–water partition coefficient (Wildman–Crippen LogP) is 5.41. The highest BCUT2D eigenvalue weighted by Crippen LogP contribution is 2.36. The van der Waals surface area contributed by atoms with Gasteiger partial charge in [-0.15, -0.1) is 11.3 Å². The van der Waals surface area contributed by atoms with Crippen LogP contribution < -0.4 is 4.90 Å². The fourth-order valence-corrected chi connectivity index (χ4v) is 4.22. The smallest absolute Gasteiger partial charge is 0.348 e. The molecular formula is C22H31NO3S. The second-order valence-corrected chi connectivity index (χ2v) is 9.94. The van der Waals surface area contributed by atoms with E-state index in [1.54, 1.807) is 11.0 Å². The SMILES string of the molecule is CC1CCC(C(=O)N(c2cc(C#CC(C)(C)C)sc2C(=O)O)C(C)C)CC1. The third-order valence-electron chi connectivity index (χ3n) is 4.85. The molecule has 0 radical (unpaired) electrons. The summed E-state index contributed by atoms with van der Waals surface area (Å²) < 4.78 is 0. The topological polar surface area (TPSA) is 57.6 Å². The van der Waals surface area contributed by atoms with Gasteiger partial charge < -0.3 is 10.0 Å². The molecule has 1 aromatic heterocycles. The molecule has 0 bridgehead atoms. The lowest BCUT2D eigenvalue weighted by Crippen LogP contribution is -2.42. The van der Waals surface area contributed by atoms with Gasteiger partial charge in [-0.05, 0) is 72.3 Å². The Morgan fingerprint density at radius 3 is 2.30 bits per heavy atom. The van der Waals surface area contributed by atoms with Crippen LogP contribution in [0.2, 0.25) is 0 Å². The van der Waals surface area contributed by atoms with E-state index >= 15 is 0 Å². The molecule has 0 unspecified atom stereocenters. The molecule has 4 nitrogen and oxygen atoms in total. The third-order valence-corrected chi connectivity index (χ3v) is 5.87. The first-order valence-electron chi connectivity index (χ1n) is 9.73. The number of anilines is 1. The first-order valence-corrected chi connectivity index (χ1v) is 10.5. The number of rotatable bonds is 4. The van der Waals surface area contributed by atoms with E-state index in [1.165, 1.54) is 0 Å². The summed E-state index contributed by atoms with van der Waals surface area (Å²) in [6.07, 6.45) is 3.87. The van der Waals surface area contributed by atoms with Crippen molar-refractivity contribution in [2.24, 2.45) is 17.3 Å². The predicted molar refractivity (Wildman–Crippen MR) is 111 cm³/mol. The number of amides is 1. The molecule has 1 aromatic rings. The number of nitrogens with zero attached hydrogens (tertiary/aromatic N) is 1. The zero-order chi connectivity index (χ0) is 20.4. The van der Waals surface area contributed by atoms with Crippen LogP contribution in [0.25, 0.3) is 0 Å². The van der Waals surface area contributed by atoms with Crippen molar-refractivity contribution in [2.45, 2.75) is 73.3 Å². The minimum Gasteiger partial charge on any atom is -0.477 e. The van der Waals surface area contributed by atoms with Gasteiger partial charge in [-0.25, -0.2) is 4.79 Å². The third kappa shape index (κ3) is 5.59. The van der Waals surface area contributed by atoms with Crippen LogP contribution in [0.3, 0.4) is 0 Å². The molecule has 0 saturated heterocycles. The molecule has 0 aliphatic heterocycles. The standard InChI is InChI=1S/C22H31NO3S/c1-14(2)23(20(24)16-9-7-15(3)8-10-16)18-13-17(11-12-22(4,5)6)27-19(18)21(25)26/h13-16H,7-10H2,1-6H3,(H,25,26). The molecule has 0 spiro atoms. The lowest BCUT2D eigenvalue weighted by Gasteiger charge is -2.33. The molecule has 1 aliphatic rings. The molecule has 1 heterocycles. The van der Waals surface area contributed by atoms with E-state index in [-0.39, 0.29) is 28.2 Å². The Hall–Kier alpha value is -1.80. The zero-order valence-electron chi connectivity index (χ0n) is 17.3. The van der Waals surface area contributed by atoms with Crippen LogP contribution in [0, 0.1) is 29.1 Å². The summed E-state index contributed by atoms with van der Waals surface area (Å²) in [5.74, 6) is 5.92. The number of thiophene rings is 1. The maximum Gasteiger partial charge on any atom is 0.348 e. The molecule has 148 valence electrons.